The number of benzene rings is 1. The van der Waals surface area contributed by atoms with Crippen LogP contribution in [0.1, 0.15) is 20.8 Å². The lowest BCUT2D eigenvalue weighted by Gasteiger charge is -2.06. The van der Waals surface area contributed by atoms with Crippen molar-refractivity contribution in [3.63, 3.8) is 0 Å². The lowest BCUT2D eigenvalue weighted by Crippen LogP contribution is -2.34. The van der Waals surface area contributed by atoms with E-state index in [9.17, 15) is 9.59 Å². The summed E-state index contributed by atoms with van der Waals surface area (Å²) in [7, 11) is 0. The molecule has 0 atom stereocenters. The number of nitrogens with zero attached hydrogens (tertiary/aromatic N) is 1. The molecule has 2 rings (SSSR count). The summed E-state index contributed by atoms with van der Waals surface area (Å²) >= 11 is 3.31. The molecular weight excluding hydrogens is 324 g/mol. The molecule has 7 heteroatoms. The van der Waals surface area contributed by atoms with Crippen molar-refractivity contribution in [3.8, 4) is 0 Å². The molecule has 0 saturated heterocycles. The summed E-state index contributed by atoms with van der Waals surface area (Å²) < 4.78 is 0.845. The quantitative estimate of drug-likeness (QED) is 0.720. The Morgan fingerprint density at radius 3 is 2.55 bits per heavy atom. The lowest BCUT2D eigenvalue weighted by molar-refractivity contribution is 0.0925. The van der Waals surface area contributed by atoms with Crippen molar-refractivity contribution < 1.29 is 9.59 Å². The number of H-pyrrole nitrogens is 1. The van der Waals surface area contributed by atoms with Crippen molar-refractivity contribution in [1.29, 1.82) is 0 Å². The van der Waals surface area contributed by atoms with Crippen molar-refractivity contribution in [3.05, 3.63) is 52.3 Å². The Kier molecular flexibility index (Phi) is 4.89. The number of amides is 2. The number of hydrogen-bond acceptors (Lipinski definition) is 3. The maximum absolute atomic E-state index is 11.8. The zero-order valence-corrected chi connectivity index (χ0v) is 12.1. The fraction of sp³-hybridized carbons (Fsp3) is 0.154. The molecule has 0 saturated carbocycles. The van der Waals surface area contributed by atoms with E-state index >= 15 is 0 Å². The van der Waals surface area contributed by atoms with E-state index in [4.69, 9.17) is 0 Å². The summed E-state index contributed by atoms with van der Waals surface area (Å²) in [6.07, 6.45) is 1.50. The van der Waals surface area contributed by atoms with Crippen LogP contribution in [0.5, 0.6) is 0 Å². The molecular formula is C13H13BrN4O2. The number of carbonyl (C=O) groups is 2. The highest BCUT2D eigenvalue weighted by atomic mass is 79.9. The van der Waals surface area contributed by atoms with E-state index in [1.807, 2.05) is 6.07 Å². The van der Waals surface area contributed by atoms with Crippen LogP contribution in [0.3, 0.4) is 0 Å². The molecule has 2 aromatic rings. The van der Waals surface area contributed by atoms with Crippen molar-refractivity contribution in [2.75, 3.05) is 13.1 Å². The van der Waals surface area contributed by atoms with Crippen molar-refractivity contribution in [1.82, 2.24) is 20.8 Å². The number of carbonyl (C=O) groups excluding carboxylic acids is 2. The largest absolute Gasteiger partial charge is 0.350 e. The van der Waals surface area contributed by atoms with Crippen LogP contribution in [-0.4, -0.2) is 35.1 Å². The number of rotatable bonds is 5. The molecule has 104 valence electrons. The van der Waals surface area contributed by atoms with Gasteiger partial charge in [-0.15, -0.1) is 0 Å². The average molecular weight is 337 g/mol. The van der Waals surface area contributed by atoms with Gasteiger partial charge in [-0.2, -0.15) is 5.10 Å². The number of hydrogen-bond donors (Lipinski definition) is 3. The second-order valence-electron chi connectivity index (χ2n) is 3.99. The highest BCUT2D eigenvalue weighted by Crippen LogP contribution is 2.11. The summed E-state index contributed by atoms with van der Waals surface area (Å²) in [6.45, 7) is 0.697. The Balaban J connectivity index is 1.73. The lowest BCUT2D eigenvalue weighted by atomic mass is 10.2. The average Bonchev–Trinajstić information content (AvgIpc) is 2.97. The Morgan fingerprint density at radius 1 is 1.15 bits per heavy atom. The number of halogens is 1. The summed E-state index contributed by atoms with van der Waals surface area (Å²) in [5.74, 6) is -0.429. The third-order valence-corrected chi connectivity index (χ3v) is 3.02. The van der Waals surface area contributed by atoms with Gasteiger partial charge in [0.2, 0.25) is 0 Å². The molecule has 0 aliphatic carbocycles. The van der Waals surface area contributed by atoms with E-state index in [1.54, 1.807) is 24.3 Å². The van der Waals surface area contributed by atoms with Crippen LogP contribution in [0.4, 0.5) is 0 Å². The summed E-state index contributed by atoms with van der Waals surface area (Å²) in [6, 6.07) is 8.68. The molecule has 0 bridgehead atoms. The topological polar surface area (TPSA) is 86.9 Å². The molecule has 0 spiro atoms. The Bertz CT molecular complexity index is 598. The number of nitrogens with one attached hydrogen (secondary N) is 3. The van der Waals surface area contributed by atoms with Gasteiger partial charge < -0.3 is 10.6 Å². The second kappa shape index (κ2) is 6.85. The van der Waals surface area contributed by atoms with Gasteiger partial charge in [0.15, 0.2) is 0 Å². The molecule has 0 fully saturated rings. The zero-order valence-electron chi connectivity index (χ0n) is 10.5. The van der Waals surface area contributed by atoms with E-state index in [-0.39, 0.29) is 11.8 Å². The molecule has 20 heavy (non-hydrogen) atoms. The van der Waals surface area contributed by atoms with Crippen molar-refractivity contribution >= 4 is 27.7 Å². The standard InChI is InChI=1S/C13H13BrN4O2/c14-10-3-1-2-9(8-10)12(19)15-6-7-16-13(20)11-4-5-17-18-11/h1-5,8H,6-7H2,(H,15,19)(H,16,20)(H,17,18). The summed E-state index contributed by atoms with van der Waals surface area (Å²) in [5, 5.41) is 11.6. The maximum Gasteiger partial charge on any atom is 0.269 e. The fourth-order valence-corrected chi connectivity index (χ4v) is 1.96. The minimum Gasteiger partial charge on any atom is -0.350 e. The third kappa shape index (κ3) is 3.92. The van der Waals surface area contributed by atoms with Crippen molar-refractivity contribution in [2.45, 2.75) is 0 Å². The van der Waals surface area contributed by atoms with Crippen LogP contribution in [0.2, 0.25) is 0 Å². The Labute approximate surface area is 124 Å². The molecule has 6 nitrogen and oxygen atoms in total. The molecule has 3 N–H and O–H groups in total. The first-order valence-electron chi connectivity index (χ1n) is 5.98. The molecule has 0 unspecified atom stereocenters. The normalized spacial score (nSPS) is 10.1. The van der Waals surface area contributed by atoms with Crippen LogP contribution < -0.4 is 10.6 Å². The smallest absolute Gasteiger partial charge is 0.269 e. The third-order valence-electron chi connectivity index (χ3n) is 2.53. The summed E-state index contributed by atoms with van der Waals surface area (Å²) in [4.78, 5) is 23.4. The van der Waals surface area contributed by atoms with Crippen LogP contribution in [0.25, 0.3) is 0 Å². The van der Waals surface area contributed by atoms with Crippen LogP contribution in [-0.2, 0) is 0 Å². The molecule has 1 heterocycles. The van der Waals surface area contributed by atoms with Gasteiger partial charge in [-0.1, -0.05) is 22.0 Å². The van der Waals surface area contributed by atoms with E-state index in [0.717, 1.165) is 4.47 Å². The van der Waals surface area contributed by atoms with Gasteiger partial charge in [0.25, 0.3) is 11.8 Å². The minimum atomic E-state index is -0.251. The Morgan fingerprint density at radius 2 is 1.90 bits per heavy atom. The van der Waals surface area contributed by atoms with Gasteiger partial charge in [-0.05, 0) is 24.3 Å². The molecule has 0 aliphatic heterocycles. The van der Waals surface area contributed by atoms with E-state index in [2.05, 4.69) is 36.8 Å². The second-order valence-corrected chi connectivity index (χ2v) is 4.91. The molecule has 2 amide bonds. The SMILES string of the molecule is O=C(NCCNC(=O)c1ccn[nH]1)c1cccc(Br)c1. The molecule has 0 radical (unpaired) electrons. The van der Waals surface area contributed by atoms with Crippen LogP contribution in [0, 0.1) is 0 Å². The minimum absolute atomic E-state index is 0.179. The highest BCUT2D eigenvalue weighted by Gasteiger charge is 2.07. The zero-order chi connectivity index (χ0) is 14.4. The summed E-state index contributed by atoms with van der Waals surface area (Å²) in [5.41, 5.74) is 0.961. The van der Waals surface area contributed by atoms with Crippen LogP contribution >= 0.6 is 15.9 Å². The molecule has 1 aromatic carbocycles. The first-order chi connectivity index (χ1) is 9.66. The first kappa shape index (κ1) is 14.3. The van der Waals surface area contributed by atoms with Gasteiger partial charge in [0.05, 0.1) is 0 Å². The van der Waals surface area contributed by atoms with E-state index in [1.165, 1.54) is 6.20 Å². The van der Waals surface area contributed by atoms with Gasteiger partial charge in [0.1, 0.15) is 5.69 Å². The van der Waals surface area contributed by atoms with Gasteiger partial charge >= 0.3 is 0 Å². The predicted octanol–water partition coefficient (Wildman–Crippen LogP) is 1.33. The number of aromatic nitrogens is 2. The predicted molar refractivity (Wildman–Crippen MR) is 77.4 cm³/mol. The molecule has 1 aromatic heterocycles. The molecule has 0 aliphatic rings. The van der Waals surface area contributed by atoms with Crippen molar-refractivity contribution in [2.24, 2.45) is 0 Å². The monoisotopic (exact) mass is 336 g/mol. The first-order valence-corrected chi connectivity index (χ1v) is 6.77. The van der Waals surface area contributed by atoms with E-state index in [0.29, 0.717) is 24.3 Å². The van der Waals surface area contributed by atoms with Crippen LogP contribution in [0.15, 0.2) is 41.0 Å². The fourth-order valence-electron chi connectivity index (χ4n) is 1.56. The van der Waals surface area contributed by atoms with Gasteiger partial charge in [-0.3, -0.25) is 14.7 Å². The van der Waals surface area contributed by atoms with Gasteiger partial charge in [0, 0.05) is 29.3 Å². The maximum atomic E-state index is 11.8. The highest BCUT2D eigenvalue weighted by molar-refractivity contribution is 9.10. The number of aromatic amines is 1. The van der Waals surface area contributed by atoms with E-state index < -0.39 is 0 Å². The van der Waals surface area contributed by atoms with Gasteiger partial charge in [-0.25, -0.2) is 0 Å². The Hall–Kier alpha value is -2.15.